The molecule has 0 aromatic heterocycles. The Morgan fingerprint density at radius 1 is 1.26 bits per heavy atom. The van der Waals surface area contributed by atoms with Gasteiger partial charge in [-0.3, -0.25) is 4.79 Å². The van der Waals surface area contributed by atoms with Gasteiger partial charge in [-0.1, -0.05) is 32.0 Å². The molecule has 3 nitrogen and oxygen atoms in total. The van der Waals surface area contributed by atoms with Crippen molar-refractivity contribution in [2.75, 3.05) is 24.5 Å². The number of amides is 1. The van der Waals surface area contributed by atoms with Crippen LogP contribution in [-0.2, 0) is 11.2 Å². The van der Waals surface area contributed by atoms with E-state index in [0.29, 0.717) is 17.1 Å². The molecular weight excluding hydrogens is 304 g/mol. The molecule has 3 rings (SSSR count). The summed E-state index contributed by atoms with van der Waals surface area (Å²) in [7, 11) is 0. The van der Waals surface area contributed by atoms with Gasteiger partial charge in [0.1, 0.15) is 0 Å². The van der Waals surface area contributed by atoms with Gasteiger partial charge < -0.3 is 10.2 Å². The van der Waals surface area contributed by atoms with Crippen LogP contribution in [0.3, 0.4) is 0 Å². The third kappa shape index (κ3) is 3.92. The van der Waals surface area contributed by atoms with Crippen molar-refractivity contribution in [1.29, 1.82) is 0 Å². The van der Waals surface area contributed by atoms with E-state index in [1.807, 2.05) is 11.8 Å². The van der Waals surface area contributed by atoms with Crippen LogP contribution >= 0.6 is 11.8 Å². The first-order chi connectivity index (χ1) is 11.2. The highest BCUT2D eigenvalue weighted by molar-refractivity contribution is 8.01. The van der Waals surface area contributed by atoms with E-state index in [1.165, 1.54) is 5.56 Å². The second-order valence-corrected chi connectivity index (χ2v) is 8.64. The van der Waals surface area contributed by atoms with Crippen molar-refractivity contribution >= 4 is 23.4 Å². The first kappa shape index (κ1) is 16.8. The first-order valence-electron chi connectivity index (χ1n) is 8.92. The predicted molar refractivity (Wildman–Crippen MR) is 99.2 cm³/mol. The minimum Gasteiger partial charge on any atom is -0.317 e. The van der Waals surface area contributed by atoms with Gasteiger partial charge in [0.25, 0.3) is 0 Å². The molecule has 1 saturated heterocycles. The van der Waals surface area contributed by atoms with E-state index in [0.717, 1.165) is 51.0 Å². The zero-order chi connectivity index (χ0) is 16.2. The summed E-state index contributed by atoms with van der Waals surface area (Å²) in [5.41, 5.74) is 2.47. The second-order valence-electron chi connectivity index (χ2n) is 6.92. The summed E-state index contributed by atoms with van der Waals surface area (Å²) in [6.07, 6.45) is 4.40. The molecule has 0 saturated carbocycles. The molecule has 23 heavy (non-hydrogen) atoms. The molecule has 0 radical (unpaired) electrons. The molecule has 2 heterocycles. The minimum atomic E-state index is 0.100. The molecule has 1 N–H and O–H groups in total. The molecule has 2 aliphatic rings. The molecule has 0 aliphatic carbocycles. The predicted octanol–water partition coefficient (Wildman–Crippen LogP) is 3.48. The first-order valence-corrected chi connectivity index (χ1v) is 9.86. The lowest BCUT2D eigenvalue weighted by atomic mass is 9.92. The minimum absolute atomic E-state index is 0.100. The number of benzene rings is 1. The van der Waals surface area contributed by atoms with Gasteiger partial charge >= 0.3 is 0 Å². The highest BCUT2D eigenvalue weighted by atomic mass is 32.2. The Morgan fingerprint density at radius 3 is 2.74 bits per heavy atom. The van der Waals surface area contributed by atoms with Gasteiger partial charge in [0, 0.05) is 12.2 Å². The van der Waals surface area contributed by atoms with Gasteiger partial charge in [-0.15, -0.1) is 11.8 Å². The molecule has 1 amide bonds. The Bertz CT molecular complexity index is 540. The highest BCUT2D eigenvalue weighted by Gasteiger charge is 2.35. The lowest BCUT2D eigenvalue weighted by Gasteiger charge is -2.36. The summed E-state index contributed by atoms with van der Waals surface area (Å²) in [6.45, 7) is 7.37. The quantitative estimate of drug-likeness (QED) is 0.916. The number of carbonyl (C=O) groups excluding carboxylic acids is 1. The van der Waals surface area contributed by atoms with Crippen LogP contribution in [0, 0.1) is 5.92 Å². The lowest BCUT2D eigenvalue weighted by Crippen LogP contribution is -2.46. The summed E-state index contributed by atoms with van der Waals surface area (Å²) in [5.74, 6) is 0.841. The zero-order valence-corrected chi connectivity index (χ0v) is 15.1. The van der Waals surface area contributed by atoms with Crippen molar-refractivity contribution in [2.45, 2.75) is 50.0 Å². The van der Waals surface area contributed by atoms with Crippen LogP contribution in [0.1, 0.15) is 38.7 Å². The largest absolute Gasteiger partial charge is 0.317 e. The Balaban J connectivity index is 1.83. The Hall–Kier alpha value is -1.00. The van der Waals surface area contributed by atoms with E-state index in [2.05, 4.69) is 48.3 Å². The fourth-order valence-corrected chi connectivity index (χ4v) is 5.05. The number of nitrogens with zero attached hydrogens (tertiary/aromatic N) is 1. The van der Waals surface area contributed by atoms with E-state index < -0.39 is 0 Å². The molecule has 0 spiro atoms. The number of piperidine rings is 1. The van der Waals surface area contributed by atoms with Crippen LogP contribution in [0.25, 0.3) is 0 Å². The monoisotopic (exact) mass is 332 g/mol. The molecule has 1 unspecified atom stereocenters. The normalized spacial score (nSPS) is 20.4. The summed E-state index contributed by atoms with van der Waals surface area (Å²) in [6, 6.07) is 8.43. The summed E-state index contributed by atoms with van der Waals surface area (Å²) < 4.78 is 0. The molecule has 4 heteroatoms. The van der Waals surface area contributed by atoms with Crippen LogP contribution in [0.15, 0.2) is 24.3 Å². The van der Waals surface area contributed by atoms with Gasteiger partial charge in [-0.05, 0) is 61.6 Å². The van der Waals surface area contributed by atoms with Crippen LogP contribution in [0.2, 0.25) is 0 Å². The number of para-hydroxylation sites is 1. The number of nitrogens with one attached hydrogen (secondary N) is 1. The number of hydrogen-bond acceptors (Lipinski definition) is 3. The SMILES string of the molecule is CC(C)SC(C(=O)N1CCCc2ccccc21)C1CCNCC1. The fraction of sp³-hybridized carbons (Fsp3) is 0.632. The number of carbonyl (C=O) groups is 1. The average Bonchev–Trinajstić information content (AvgIpc) is 2.59. The number of aryl methyl sites for hydroxylation is 1. The van der Waals surface area contributed by atoms with Crippen LogP contribution in [0.5, 0.6) is 0 Å². The zero-order valence-electron chi connectivity index (χ0n) is 14.3. The van der Waals surface area contributed by atoms with Crippen LogP contribution < -0.4 is 10.2 Å². The maximum Gasteiger partial charge on any atom is 0.240 e. The Labute approximate surface area is 144 Å². The second kappa shape index (κ2) is 7.71. The topological polar surface area (TPSA) is 32.3 Å². The van der Waals surface area contributed by atoms with Gasteiger partial charge in [-0.25, -0.2) is 0 Å². The molecule has 1 fully saturated rings. The number of thioether (sulfide) groups is 1. The van der Waals surface area contributed by atoms with E-state index >= 15 is 0 Å². The van der Waals surface area contributed by atoms with Crippen LogP contribution in [0.4, 0.5) is 5.69 Å². The van der Waals surface area contributed by atoms with E-state index in [4.69, 9.17) is 0 Å². The summed E-state index contributed by atoms with van der Waals surface area (Å²) in [4.78, 5) is 15.5. The number of rotatable bonds is 4. The smallest absolute Gasteiger partial charge is 0.240 e. The van der Waals surface area contributed by atoms with Crippen molar-refractivity contribution in [3.8, 4) is 0 Å². The standard InChI is InChI=1S/C19H28N2OS/c1-14(2)23-18(16-9-11-20-12-10-16)19(22)21-13-5-7-15-6-3-4-8-17(15)21/h3-4,6,8,14,16,18,20H,5,7,9-13H2,1-2H3. The summed E-state index contributed by atoms with van der Waals surface area (Å²) >= 11 is 1.86. The average molecular weight is 333 g/mol. The molecule has 2 aliphatic heterocycles. The third-order valence-corrected chi connectivity index (χ3v) is 6.27. The van der Waals surface area contributed by atoms with Gasteiger partial charge in [0.05, 0.1) is 5.25 Å². The van der Waals surface area contributed by atoms with Crippen molar-refractivity contribution in [2.24, 2.45) is 5.92 Å². The van der Waals surface area contributed by atoms with Gasteiger partial charge in [-0.2, -0.15) is 0 Å². The highest BCUT2D eigenvalue weighted by Crippen LogP contribution is 2.34. The molecule has 1 aromatic carbocycles. The Morgan fingerprint density at radius 2 is 2.00 bits per heavy atom. The molecule has 0 bridgehead atoms. The van der Waals surface area contributed by atoms with E-state index in [1.54, 1.807) is 0 Å². The molecule has 1 atom stereocenters. The maximum absolute atomic E-state index is 13.4. The van der Waals surface area contributed by atoms with Gasteiger partial charge in [0.15, 0.2) is 0 Å². The number of anilines is 1. The molecular formula is C19H28N2OS. The van der Waals surface area contributed by atoms with Crippen LogP contribution in [-0.4, -0.2) is 36.0 Å². The maximum atomic E-state index is 13.4. The third-order valence-electron chi connectivity index (χ3n) is 4.85. The van der Waals surface area contributed by atoms with Crippen molar-refractivity contribution in [1.82, 2.24) is 5.32 Å². The van der Waals surface area contributed by atoms with Crippen molar-refractivity contribution in [3.63, 3.8) is 0 Å². The van der Waals surface area contributed by atoms with E-state index in [-0.39, 0.29) is 5.25 Å². The van der Waals surface area contributed by atoms with Gasteiger partial charge in [0.2, 0.25) is 5.91 Å². The Kier molecular flexibility index (Phi) is 5.65. The molecule has 126 valence electrons. The van der Waals surface area contributed by atoms with Crippen molar-refractivity contribution in [3.05, 3.63) is 29.8 Å². The van der Waals surface area contributed by atoms with Crippen molar-refractivity contribution < 1.29 is 4.79 Å². The lowest BCUT2D eigenvalue weighted by molar-refractivity contribution is -0.119. The number of fused-ring (bicyclic) bond motifs is 1. The van der Waals surface area contributed by atoms with E-state index in [9.17, 15) is 4.79 Å². The number of hydrogen-bond donors (Lipinski definition) is 1. The fourth-order valence-electron chi connectivity index (χ4n) is 3.73. The summed E-state index contributed by atoms with van der Waals surface area (Å²) in [5, 5.41) is 4.01. The molecule has 1 aromatic rings.